The first kappa shape index (κ1) is 34.7. The summed E-state index contributed by atoms with van der Waals surface area (Å²) >= 11 is 0. The van der Waals surface area contributed by atoms with Crippen molar-refractivity contribution in [1.29, 1.82) is 0 Å². The number of nitrogens with zero attached hydrogens (tertiary/aromatic N) is 2. The molecule has 0 amide bonds. The van der Waals surface area contributed by atoms with Crippen molar-refractivity contribution >= 4 is 32.6 Å². The van der Waals surface area contributed by atoms with Crippen molar-refractivity contribution in [2.75, 3.05) is 0 Å². The van der Waals surface area contributed by atoms with Crippen LogP contribution in [-0.2, 0) is 0 Å². The van der Waals surface area contributed by atoms with Gasteiger partial charge < -0.3 is 4.57 Å². The molecule has 0 saturated carbocycles. The first-order valence-corrected chi connectivity index (χ1v) is 20.5. The summed E-state index contributed by atoms with van der Waals surface area (Å²) in [7, 11) is 0. The Balaban J connectivity index is 1.14. The topological polar surface area (TPSA) is 17.8 Å². The van der Waals surface area contributed by atoms with E-state index in [2.05, 4.69) is 229 Å². The summed E-state index contributed by atoms with van der Waals surface area (Å²) in [4.78, 5) is 5.18. The Kier molecular flexibility index (Phi) is 8.67. The van der Waals surface area contributed by atoms with Gasteiger partial charge in [0.25, 0.3) is 0 Å². The third-order valence-corrected chi connectivity index (χ3v) is 11.9. The Morgan fingerprint density at radius 2 is 0.898 bits per heavy atom. The number of aromatic nitrogens is 2. The average molecular weight is 753 g/mol. The largest absolute Gasteiger partial charge is 0.317 e. The molecule has 1 heterocycles. The van der Waals surface area contributed by atoms with Gasteiger partial charge in [-0.3, -0.25) is 0 Å². The van der Waals surface area contributed by atoms with Crippen molar-refractivity contribution in [1.82, 2.24) is 9.55 Å². The molecule has 2 nitrogen and oxygen atoms in total. The lowest BCUT2D eigenvalue weighted by Gasteiger charge is -2.22. The monoisotopic (exact) mass is 752 g/mol. The Morgan fingerprint density at radius 1 is 0.390 bits per heavy atom. The molecule has 0 aliphatic heterocycles. The van der Waals surface area contributed by atoms with Crippen molar-refractivity contribution in [2.24, 2.45) is 0 Å². The van der Waals surface area contributed by atoms with Gasteiger partial charge in [-0.15, -0.1) is 0 Å². The van der Waals surface area contributed by atoms with E-state index in [1.54, 1.807) is 0 Å². The van der Waals surface area contributed by atoms with E-state index >= 15 is 0 Å². The summed E-state index contributed by atoms with van der Waals surface area (Å²) in [5, 5.41) is 4.93. The van der Waals surface area contributed by atoms with Crippen LogP contribution in [0.15, 0.2) is 224 Å². The Labute approximate surface area is 344 Å². The van der Waals surface area contributed by atoms with Gasteiger partial charge in [0.15, 0.2) is 0 Å². The predicted molar refractivity (Wildman–Crippen MR) is 249 cm³/mol. The highest BCUT2D eigenvalue weighted by molar-refractivity contribution is 6.23. The molecule has 0 radical (unpaired) electrons. The molecule has 0 fully saturated rings. The zero-order valence-electron chi connectivity index (χ0n) is 32.5. The molecule has 1 aliphatic carbocycles. The van der Waals surface area contributed by atoms with E-state index < -0.39 is 0 Å². The summed E-state index contributed by atoms with van der Waals surface area (Å²) in [5.41, 5.74) is 15.4. The van der Waals surface area contributed by atoms with E-state index in [0.29, 0.717) is 0 Å². The van der Waals surface area contributed by atoms with Crippen LogP contribution in [0.3, 0.4) is 0 Å². The van der Waals surface area contributed by atoms with Gasteiger partial charge in [-0.25, -0.2) is 4.98 Å². The van der Waals surface area contributed by atoms with Crippen LogP contribution in [0.1, 0.15) is 12.5 Å². The molecule has 1 aliphatic rings. The minimum Gasteiger partial charge on any atom is -0.317 e. The minimum atomic E-state index is 0.218. The Morgan fingerprint density at radius 3 is 1.53 bits per heavy atom. The quantitative estimate of drug-likeness (QED) is 0.148. The lowest BCUT2D eigenvalue weighted by atomic mass is 9.81. The summed E-state index contributed by atoms with van der Waals surface area (Å²) in [5.74, 6) is 0.995. The molecular weight excluding hydrogens is 713 g/mol. The van der Waals surface area contributed by atoms with E-state index in [9.17, 15) is 0 Å². The summed E-state index contributed by atoms with van der Waals surface area (Å²) in [6, 6.07) is 73.1. The van der Waals surface area contributed by atoms with Gasteiger partial charge >= 0.3 is 0 Å². The van der Waals surface area contributed by atoms with Gasteiger partial charge in [-0.05, 0) is 102 Å². The molecule has 11 rings (SSSR count). The number of imidazole rings is 1. The van der Waals surface area contributed by atoms with Crippen LogP contribution in [0.4, 0.5) is 0 Å². The lowest BCUT2D eigenvalue weighted by molar-refractivity contribution is 0.631. The Bertz CT molecular complexity index is 3220. The van der Waals surface area contributed by atoms with Gasteiger partial charge in [-0.2, -0.15) is 0 Å². The maximum absolute atomic E-state index is 5.18. The van der Waals surface area contributed by atoms with Crippen molar-refractivity contribution in [3.8, 4) is 67.0 Å². The molecular formula is C57H40N2. The number of allylic oxidation sites excluding steroid dienone is 4. The second kappa shape index (κ2) is 14.8. The number of hydrogen-bond donors (Lipinski definition) is 0. The molecule has 0 bridgehead atoms. The molecule has 59 heavy (non-hydrogen) atoms. The Hall–Kier alpha value is -7.55. The van der Waals surface area contributed by atoms with Crippen LogP contribution in [-0.4, -0.2) is 9.55 Å². The maximum atomic E-state index is 5.18. The molecule has 278 valence electrons. The van der Waals surface area contributed by atoms with E-state index in [1.165, 1.54) is 77.2 Å². The van der Waals surface area contributed by atoms with Crippen LogP contribution in [0.5, 0.6) is 0 Å². The van der Waals surface area contributed by atoms with Gasteiger partial charge in [0, 0.05) is 5.56 Å². The van der Waals surface area contributed by atoms with Crippen molar-refractivity contribution in [2.45, 2.75) is 12.5 Å². The van der Waals surface area contributed by atoms with E-state index in [0.717, 1.165) is 28.8 Å². The fourth-order valence-corrected chi connectivity index (χ4v) is 9.23. The number of rotatable bonds is 7. The minimum absolute atomic E-state index is 0.218. The molecule has 1 unspecified atom stereocenters. The van der Waals surface area contributed by atoms with Crippen LogP contribution in [0, 0.1) is 0 Å². The SMILES string of the molecule is C1=CCC(n2c(-c3ccc(-c4ccc5c(-c6ccccc6-c6ccccc6)c6ccccc6c(-c6ccccc6-c6ccccc6)c5c4)cc3)nc3ccccc32)C=C1. The third-order valence-electron chi connectivity index (χ3n) is 11.9. The van der Waals surface area contributed by atoms with Crippen LogP contribution >= 0.6 is 0 Å². The van der Waals surface area contributed by atoms with Gasteiger partial charge in [0.05, 0.1) is 17.1 Å². The maximum Gasteiger partial charge on any atom is 0.141 e. The van der Waals surface area contributed by atoms with Crippen molar-refractivity contribution in [3.63, 3.8) is 0 Å². The van der Waals surface area contributed by atoms with Gasteiger partial charge in [0.1, 0.15) is 5.82 Å². The highest BCUT2D eigenvalue weighted by Gasteiger charge is 2.22. The molecule has 10 aromatic rings. The molecule has 0 spiro atoms. The lowest BCUT2D eigenvalue weighted by Crippen LogP contribution is -2.08. The molecule has 9 aromatic carbocycles. The van der Waals surface area contributed by atoms with Gasteiger partial charge in [-0.1, -0.05) is 206 Å². The zero-order chi connectivity index (χ0) is 39.1. The van der Waals surface area contributed by atoms with Crippen molar-refractivity contribution < 1.29 is 0 Å². The summed E-state index contributed by atoms with van der Waals surface area (Å²) < 4.78 is 2.40. The third kappa shape index (κ3) is 6.09. The van der Waals surface area contributed by atoms with Crippen LogP contribution < -0.4 is 0 Å². The zero-order valence-corrected chi connectivity index (χ0v) is 32.5. The molecule has 2 heteroatoms. The van der Waals surface area contributed by atoms with E-state index in [1.807, 2.05) is 0 Å². The molecule has 0 saturated heterocycles. The molecule has 1 aromatic heterocycles. The standard InChI is InChI=1S/C57H40N2/c1-4-18-40(19-5-1)45-24-10-12-26-47(45)55-49-28-14-15-29-50(49)56(48-27-13-11-25-46(48)41-20-6-2-7-21-41)52-38-43(36-37-51(52)55)39-32-34-42(35-33-39)57-58-53-30-16-17-31-54(53)59(57)44-22-8-3-9-23-44/h1-22,24-38,44H,23H2. The number of fused-ring (bicyclic) bond motifs is 3. The fraction of sp³-hybridized carbons (Fsp3) is 0.0351. The highest BCUT2D eigenvalue weighted by atomic mass is 15.1. The fourth-order valence-electron chi connectivity index (χ4n) is 9.23. The van der Waals surface area contributed by atoms with E-state index in [-0.39, 0.29) is 6.04 Å². The smallest absolute Gasteiger partial charge is 0.141 e. The van der Waals surface area contributed by atoms with E-state index in [4.69, 9.17) is 4.98 Å². The van der Waals surface area contributed by atoms with Gasteiger partial charge in [0.2, 0.25) is 0 Å². The summed E-state index contributed by atoms with van der Waals surface area (Å²) in [6.07, 6.45) is 9.75. The normalized spacial score (nSPS) is 13.7. The highest BCUT2D eigenvalue weighted by Crippen LogP contribution is 2.48. The summed E-state index contributed by atoms with van der Waals surface area (Å²) in [6.45, 7) is 0. The number of benzene rings is 9. The first-order chi connectivity index (χ1) is 29.3. The second-order valence-corrected chi connectivity index (χ2v) is 15.4. The average Bonchev–Trinajstić information content (AvgIpc) is 3.71. The molecule has 1 atom stereocenters. The van der Waals surface area contributed by atoms with Crippen LogP contribution in [0.2, 0.25) is 0 Å². The number of hydrogen-bond acceptors (Lipinski definition) is 1. The molecule has 0 N–H and O–H groups in total. The van der Waals surface area contributed by atoms with Crippen LogP contribution in [0.25, 0.3) is 99.6 Å². The van der Waals surface area contributed by atoms with Crippen molar-refractivity contribution in [3.05, 3.63) is 224 Å². The number of para-hydroxylation sites is 2. The first-order valence-electron chi connectivity index (χ1n) is 20.5. The second-order valence-electron chi connectivity index (χ2n) is 15.4. The predicted octanol–water partition coefficient (Wildman–Crippen LogP) is 15.4.